The summed E-state index contributed by atoms with van der Waals surface area (Å²) in [6, 6.07) is 13.3. The number of nitro benzene ring substituents is 1. The van der Waals surface area contributed by atoms with Gasteiger partial charge in [0.15, 0.2) is 0 Å². The smallest absolute Gasteiger partial charge is 0.271 e. The Morgan fingerprint density at radius 1 is 1.19 bits per heavy atom. The zero-order valence-electron chi connectivity index (χ0n) is 14.0. The Kier molecular flexibility index (Phi) is 5.55. The molecule has 8 heteroatoms. The van der Waals surface area contributed by atoms with Crippen LogP contribution in [0.1, 0.15) is 15.9 Å². The molecule has 0 atom stereocenters. The average molecular weight is 354 g/mol. The van der Waals surface area contributed by atoms with E-state index in [0.717, 1.165) is 37.6 Å². The molecule has 0 spiro atoms. The standard InChI is InChI=1S/C18H18N4O4/c23-18(15-2-1-3-17(12-15)22(24)25)20-19-13-14-4-6-16(7-5-14)21-8-10-26-11-9-21/h1-7,12-13H,8-11H2,(H,20,23). The minimum Gasteiger partial charge on any atom is -0.378 e. The minimum atomic E-state index is -0.546. The molecule has 1 saturated heterocycles. The van der Waals surface area contributed by atoms with E-state index in [9.17, 15) is 14.9 Å². The molecular formula is C18H18N4O4. The summed E-state index contributed by atoms with van der Waals surface area (Å²) in [5, 5.41) is 14.7. The van der Waals surface area contributed by atoms with E-state index in [1.54, 1.807) is 0 Å². The Morgan fingerprint density at radius 2 is 1.92 bits per heavy atom. The second kappa shape index (κ2) is 8.21. The highest BCUT2D eigenvalue weighted by Gasteiger charge is 2.11. The molecule has 26 heavy (non-hydrogen) atoms. The highest BCUT2D eigenvalue weighted by molar-refractivity contribution is 5.95. The number of hydrogen-bond donors (Lipinski definition) is 1. The van der Waals surface area contributed by atoms with Gasteiger partial charge in [0.25, 0.3) is 11.6 Å². The minimum absolute atomic E-state index is 0.139. The number of hydrazone groups is 1. The molecule has 3 rings (SSSR count). The van der Waals surface area contributed by atoms with Crippen molar-refractivity contribution in [3.63, 3.8) is 0 Å². The summed E-state index contributed by atoms with van der Waals surface area (Å²) in [6.45, 7) is 3.19. The van der Waals surface area contributed by atoms with Gasteiger partial charge in [0, 0.05) is 36.5 Å². The van der Waals surface area contributed by atoms with Gasteiger partial charge in [-0.15, -0.1) is 0 Å². The van der Waals surface area contributed by atoms with Crippen molar-refractivity contribution < 1.29 is 14.5 Å². The number of non-ortho nitro benzene ring substituents is 1. The largest absolute Gasteiger partial charge is 0.378 e. The van der Waals surface area contributed by atoms with E-state index in [2.05, 4.69) is 15.4 Å². The van der Waals surface area contributed by atoms with Crippen LogP contribution in [0.25, 0.3) is 0 Å². The lowest BCUT2D eigenvalue weighted by atomic mass is 10.2. The predicted octanol–water partition coefficient (Wildman–Crippen LogP) is 2.20. The molecule has 0 saturated carbocycles. The van der Waals surface area contributed by atoms with Crippen molar-refractivity contribution in [2.75, 3.05) is 31.2 Å². The van der Waals surface area contributed by atoms with Crippen LogP contribution in [0.4, 0.5) is 11.4 Å². The summed E-state index contributed by atoms with van der Waals surface area (Å²) < 4.78 is 5.34. The molecular weight excluding hydrogens is 336 g/mol. The van der Waals surface area contributed by atoms with Crippen molar-refractivity contribution in [3.8, 4) is 0 Å². The first kappa shape index (κ1) is 17.6. The number of hydrogen-bond acceptors (Lipinski definition) is 6. The Labute approximate surface area is 150 Å². The summed E-state index contributed by atoms with van der Waals surface area (Å²) in [5.41, 5.74) is 4.36. The maximum Gasteiger partial charge on any atom is 0.271 e. The molecule has 1 fully saturated rings. The lowest BCUT2D eigenvalue weighted by Crippen LogP contribution is -2.36. The van der Waals surface area contributed by atoms with Crippen LogP contribution in [-0.2, 0) is 4.74 Å². The van der Waals surface area contributed by atoms with Crippen molar-refractivity contribution >= 4 is 23.5 Å². The van der Waals surface area contributed by atoms with Gasteiger partial charge in [-0.2, -0.15) is 5.10 Å². The SMILES string of the molecule is O=C(NN=Cc1ccc(N2CCOCC2)cc1)c1cccc([N+](=O)[O-])c1. The topological polar surface area (TPSA) is 97.1 Å². The number of nitrogens with one attached hydrogen (secondary N) is 1. The van der Waals surface area contributed by atoms with Gasteiger partial charge in [0.2, 0.25) is 0 Å². The molecule has 0 radical (unpaired) electrons. The van der Waals surface area contributed by atoms with Crippen LogP contribution in [0.3, 0.4) is 0 Å². The third-order valence-electron chi connectivity index (χ3n) is 3.97. The molecule has 1 aliphatic heterocycles. The average Bonchev–Trinajstić information content (AvgIpc) is 2.69. The van der Waals surface area contributed by atoms with Gasteiger partial charge in [0.05, 0.1) is 24.4 Å². The first-order chi connectivity index (χ1) is 12.6. The fraction of sp³-hybridized carbons (Fsp3) is 0.222. The van der Waals surface area contributed by atoms with Gasteiger partial charge in [-0.1, -0.05) is 18.2 Å². The van der Waals surface area contributed by atoms with Crippen molar-refractivity contribution in [1.29, 1.82) is 0 Å². The predicted molar refractivity (Wildman–Crippen MR) is 97.6 cm³/mol. The zero-order chi connectivity index (χ0) is 18.4. The number of amides is 1. The molecule has 8 nitrogen and oxygen atoms in total. The number of ether oxygens (including phenoxy) is 1. The fourth-order valence-electron chi connectivity index (χ4n) is 2.58. The van der Waals surface area contributed by atoms with Crippen LogP contribution >= 0.6 is 0 Å². The van der Waals surface area contributed by atoms with Gasteiger partial charge in [-0.25, -0.2) is 5.43 Å². The maximum absolute atomic E-state index is 12.0. The molecule has 134 valence electrons. The third-order valence-corrected chi connectivity index (χ3v) is 3.97. The number of nitro groups is 1. The van der Waals surface area contributed by atoms with Crippen LogP contribution in [0.5, 0.6) is 0 Å². The Hall–Kier alpha value is -3.26. The van der Waals surface area contributed by atoms with E-state index in [4.69, 9.17) is 4.74 Å². The van der Waals surface area contributed by atoms with Crippen molar-refractivity contribution in [3.05, 3.63) is 69.8 Å². The first-order valence-electron chi connectivity index (χ1n) is 8.14. The Balaban J connectivity index is 1.58. The Bertz CT molecular complexity index is 814. The molecule has 2 aromatic rings. The highest BCUT2D eigenvalue weighted by atomic mass is 16.6. The molecule has 1 amide bonds. The second-order valence-corrected chi connectivity index (χ2v) is 5.70. The van der Waals surface area contributed by atoms with Crippen LogP contribution in [0.2, 0.25) is 0 Å². The van der Waals surface area contributed by atoms with E-state index >= 15 is 0 Å². The summed E-state index contributed by atoms with van der Waals surface area (Å²) >= 11 is 0. The first-order valence-corrected chi connectivity index (χ1v) is 8.14. The van der Waals surface area contributed by atoms with Crippen LogP contribution < -0.4 is 10.3 Å². The van der Waals surface area contributed by atoms with E-state index in [0.29, 0.717) is 0 Å². The summed E-state index contributed by atoms with van der Waals surface area (Å²) in [6.07, 6.45) is 1.53. The van der Waals surface area contributed by atoms with E-state index in [1.807, 2.05) is 24.3 Å². The lowest BCUT2D eigenvalue weighted by molar-refractivity contribution is -0.384. The molecule has 1 N–H and O–H groups in total. The number of nitrogens with zero attached hydrogens (tertiary/aromatic N) is 3. The summed E-state index contributed by atoms with van der Waals surface area (Å²) in [5.74, 6) is -0.505. The maximum atomic E-state index is 12.0. The molecule has 0 aromatic heterocycles. The van der Waals surface area contributed by atoms with E-state index in [-0.39, 0.29) is 11.3 Å². The molecule has 1 aliphatic rings. The number of benzene rings is 2. The molecule has 1 heterocycles. The Morgan fingerprint density at radius 3 is 2.62 bits per heavy atom. The van der Waals surface area contributed by atoms with Crippen molar-refractivity contribution in [1.82, 2.24) is 5.43 Å². The molecule has 0 aliphatic carbocycles. The lowest BCUT2D eigenvalue weighted by Gasteiger charge is -2.28. The van der Waals surface area contributed by atoms with Gasteiger partial charge < -0.3 is 9.64 Å². The summed E-state index contributed by atoms with van der Waals surface area (Å²) in [4.78, 5) is 24.5. The van der Waals surface area contributed by atoms with Gasteiger partial charge in [0.1, 0.15) is 0 Å². The van der Waals surface area contributed by atoms with Crippen LogP contribution in [0, 0.1) is 10.1 Å². The number of morpholine rings is 1. The van der Waals surface area contributed by atoms with Gasteiger partial charge in [-0.05, 0) is 23.8 Å². The highest BCUT2D eigenvalue weighted by Crippen LogP contribution is 2.16. The fourth-order valence-corrected chi connectivity index (χ4v) is 2.58. The molecule has 0 unspecified atom stereocenters. The van der Waals surface area contributed by atoms with Gasteiger partial charge in [-0.3, -0.25) is 14.9 Å². The summed E-state index contributed by atoms with van der Waals surface area (Å²) in [7, 11) is 0. The number of rotatable bonds is 5. The molecule has 0 bridgehead atoms. The number of carbonyl (C=O) groups is 1. The van der Waals surface area contributed by atoms with Crippen LogP contribution in [-0.4, -0.2) is 43.3 Å². The van der Waals surface area contributed by atoms with Crippen molar-refractivity contribution in [2.24, 2.45) is 5.10 Å². The second-order valence-electron chi connectivity index (χ2n) is 5.70. The number of anilines is 1. The third kappa shape index (κ3) is 4.42. The van der Waals surface area contributed by atoms with E-state index in [1.165, 1.54) is 30.5 Å². The zero-order valence-corrected chi connectivity index (χ0v) is 14.0. The van der Waals surface area contributed by atoms with E-state index < -0.39 is 10.8 Å². The van der Waals surface area contributed by atoms with Crippen LogP contribution in [0.15, 0.2) is 53.6 Å². The quantitative estimate of drug-likeness (QED) is 0.504. The number of carbonyl (C=O) groups excluding carboxylic acids is 1. The molecule has 2 aromatic carbocycles. The normalized spacial score (nSPS) is 14.4. The van der Waals surface area contributed by atoms with Gasteiger partial charge >= 0.3 is 0 Å². The van der Waals surface area contributed by atoms with Crippen molar-refractivity contribution in [2.45, 2.75) is 0 Å². The monoisotopic (exact) mass is 354 g/mol.